The summed E-state index contributed by atoms with van der Waals surface area (Å²) in [5.41, 5.74) is 0.364. The van der Waals surface area contributed by atoms with Crippen LogP contribution in [-0.4, -0.2) is 22.4 Å². The number of aliphatic hydroxyl groups is 1. The predicted molar refractivity (Wildman–Crippen MR) is 65.5 cm³/mol. The highest BCUT2D eigenvalue weighted by Crippen LogP contribution is 2.21. The minimum Gasteiger partial charge on any atom is -0.396 e. The standard InChI is InChI=1S/C11H14FNO3S/c1-8(5-14)6-17-7-9-2-10(12)4-11(3-9)13(15)16/h2-4,8,14H,5-7H2,1H3. The van der Waals surface area contributed by atoms with Gasteiger partial charge < -0.3 is 5.11 Å². The summed E-state index contributed by atoms with van der Waals surface area (Å²) in [6.07, 6.45) is 0. The molecule has 0 spiro atoms. The molecule has 0 aliphatic carbocycles. The highest BCUT2D eigenvalue weighted by atomic mass is 32.2. The monoisotopic (exact) mass is 259 g/mol. The molecule has 0 amide bonds. The molecular weight excluding hydrogens is 245 g/mol. The Kier molecular flexibility index (Phi) is 5.37. The summed E-state index contributed by atoms with van der Waals surface area (Å²) in [5, 5.41) is 19.4. The quantitative estimate of drug-likeness (QED) is 0.630. The Morgan fingerprint density at radius 3 is 2.82 bits per heavy atom. The molecule has 0 fully saturated rings. The van der Waals surface area contributed by atoms with Crippen molar-refractivity contribution in [1.29, 1.82) is 0 Å². The Balaban J connectivity index is 2.62. The van der Waals surface area contributed by atoms with Crippen molar-refractivity contribution in [2.24, 2.45) is 5.92 Å². The van der Waals surface area contributed by atoms with Crippen LogP contribution in [0.25, 0.3) is 0 Å². The van der Waals surface area contributed by atoms with Crippen molar-refractivity contribution in [2.75, 3.05) is 12.4 Å². The van der Waals surface area contributed by atoms with Gasteiger partial charge in [-0.1, -0.05) is 6.92 Å². The molecule has 1 N–H and O–H groups in total. The Bertz CT molecular complexity index is 400. The lowest BCUT2D eigenvalue weighted by molar-refractivity contribution is -0.385. The van der Waals surface area contributed by atoms with Gasteiger partial charge in [0.15, 0.2) is 0 Å². The summed E-state index contributed by atoms with van der Waals surface area (Å²) in [7, 11) is 0. The number of rotatable bonds is 6. The molecule has 6 heteroatoms. The fourth-order valence-corrected chi connectivity index (χ4v) is 2.28. The van der Waals surface area contributed by atoms with Crippen LogP contribution in [0.2, 0.25) is 0 Å². The first kappa shape index (κ1) is 13.9. The van der Waals surface area contributed by atoms with Gasteiger partial charge in [0.1, 0.15) is 5.82 Å². The van der Waals surface area contributed by atoms with Gasteiger partial charge in [0.2, 0.25) is 0 Å². The Hall–Kier alpha value is -1.14. The predicted octanol–water partition coefficient (Wildman–Crippen LogP) is 2.60. The van der Waals surface area contributed by atoms with E-state index in [2.05, 4.69) is 0 Å². The number of nitro benzene ring substituents is 1. The maximum atomic E-state index is 13.1. The molecule has 4 nitrogen and oxygen atoms in total. The fourth-order valence-electron chi connectivity index (χ4n) is 1.25. The van der Waals surface area contributed by atoms with Crippen LogP contribution in [0.4, 0.5) is 10.1 Å². The molecule has 1 aromatic carbocycles. The number of aliphatic hydroxyl groups excluding tert-OH is 1. The molecule has 0 heterocycles. The topological polar surface area (TPSA) is 63.4 Å². The number of non-ortho nitro benzene ring substituents is 1. The number of nitro groups is 1. The average molecular weight is 259 g/mol. The normalized spacial score (nSPS) is 12.4. The second kappa shape index (κ2) is 6.56. The van der Waals surface area contributed by atoms with Crippen molar-refractivity contribution >= 4 is 17.4 Å². The van der Waals surface area contributed by atoms with Gasteiger partial charge in [-0.3, -0.25) is 10.1 Å². The van der Waals surface area contributed by atoms with Crippen LogP contribution in [0.15, 0.2) is 18.2 Å². The highest BCUT2D eigenvalue weighted by molar-refractivity contribution is 7.98. The van der Waals surface area contributed by atoms with E-state index in [1.165, 1.54) is 23.9 Å². The molecule has 0 aliphatic rings. The second-order valence-corrected chi connectivity index (χ2v) is 4.91. The fraction of sp³-hybridized carbons (Fsp3) is 0.455. The summed E-state index contributed by atoms with van der Waals surface area (Å²) >= 11 is 1.52. The van der Waals surface area contributed by atoms with Crippen LogP contribution in [0.5, 0.6) is 0 Å². The average Bonchev–Trinajstić information content (AvgIpc) is 2.28. The third-order valence-electron chi connectivity index (χ3n) is 2.14. The van der Waals surface area contributed by atoms with Gasteiger partial charge in [-0.15, -0.1) is 0 Å². The van der Waals surface area contributed by atoms with Gasteiger partial charge in [0.25, 0.3) is 5.69 Å². The minimum atomic E-state index is -0.604. The number of benzene rings is 1. The van der Waals surface area contributed by atoms with Gasteiger partial charge in [-0.2, -0.15) is 11.8 Å². The zero-order valence-electron chi connectivity index (χ0n) is 9.43. The number of nitrogens with zero attached hydrogens (tertiary/aromatic N) is 1. The van der Waals surface area contributed by atoms with Crippen molar-refractivity contribution < 1.29 is 14.4 Å². The molecule has 0 saturated carbocycles. The lowest BCUT2D eigenvalue weighted by atomic mass is 10.2. The molecule has 1 aromatic rings. The number of hydrogen-bond acceptors (Lipinski definition) is 4. The minimum absolute atomic E-state index is 0.107. The molecule has 1 atom stereocenters. The van der Waals surface area contributed by atoms with Crippen LogP contribution in [0, 0.1) is 21.8 Å². The smallest absolute Gasteiger partial charge is 0.272 e. The largest absolute Gasteiger partial charge is 0.396 e. The molecule has 0 saturated heterocycles. The van der Waals surface area contributed by atoms with Crippen LogP contribution in [0.3, 0.4) is 0 Å². The van der Waals surface area contributed by atoms with E-state index < -0.39 is 10.7 Å². The third-order valence-corrected chi connectivity index (χ3v) is 3.48. The van der Waals surface area contributed by atoms with Crippen molar-refractivity contribution in [3.8, 4) is 0 Å². The first-order valence-corrected chi connectivity index (χ1v) is 6.31. The van der Waals surface area contributed by atoms with Crippen molar-refractivity contribution in [2.45, 2.75) is 12.7 Å². The molecule has 17 heavy (non-hydrogen) atoms. The zero-order valence-corrected chi connectivity index (χ0v) is 10.2. The van der Waals surface area contributed by atoms with Crippen molar-refractivity contribution in [3.05, 3.63) is 39.7 Å². The third kappa shape index (κ3) is 4.70. The molecule has 0 aliphatic heterocycles. The van der Waals surface area contributed by atoms with E-state index in [-0.39, 0.29) is 18.2 Å². The van der Waals surface area contributed by atoms with E-state index >= 15 is 0 Å². The highest BCUT2D eigenvalue weighted by Gasteiger charge is 2.10. The first-order chi connectivity index (χ1) is 8.02. The van der Waals surface area contributed by atoms with E-state index in [1.54, 1.807) is 0 Å². The summed E-state index contributed by atoms with van der Waals surface area (Å²) < 4.78 is 13.1. The van der Waals surface area contributed by atoms with Crippen LogP contribution in [0.1, 0.15) is 12.5 Å². The van der Waals surface area contributed by atoms with Crippen molar-refractivity contribution in [3.63, 3.8) is 0 Å². The SMILES string of the molecule is CC(CO)CSCc1cc(F)cc([N+](=O)[O-])c1. The summed E-state index contributed by atoms with van der Waals surface area (Å²) in [5.74, 6) is 0.817. The molecule has 0 bridgehead atoms. The lowest BCUT2D eigenvalue weighted by Crippen LogP contribution is -2.03. The second-order valence-electron chi connectivity index (χ2n) is 3.88. The van der Waals surface area contributed by atoms with E-state index in [4.69, 9.17) is 5.11 Å². The van der Waals surface area contributed by atoms with Gasteiger partial charge in [-0.25, -0.2) is 4.39 Å². The van der Waals surface area contributed by atoms with E-state index in [9.17, 15) is 14.5 Å². The maximum Gasteiger partial charge on any atom is 0.272 e. The molecule has 1 unspecified atom stereocenters. The Morgan fingerprint density at radius 2 is 2.24 bits per heavy atom. The number of halogens is 1. The number of hydrogen-bond donors (Lipinski definition) is 1. The maximum absolute atomic E-state index is 13.1. The van der Waals surface area contributed by atoms with E-state index in [0.29, 0.717) is 11.3 Å². The molecule has 0 aromatic heterocycles. The Labute approximate surface area is 103 Å². The van der Waals surface area contributed by atoms with E-state index in [0.717, 1.165) is 11.8 Å². The van der Waals surface area contributed by atoms with Crippen LogP contribution >= 0.6 is 11.8 Å². The zero-order chi connectivity index (χ0) is 12.8. The van der Waals surface area contributed by atoms with Gasteiger partial charge in [-0.05, 0) is 23.3 Å². The molecular formula is C11H14FNO3S. The van der Waals surface area contributed by atoms with E-state index in [1.807, 2.05) is 6.92 Å². The van der Waals surface area contributed by atoms with Gasteiger partial charge in [0, 0.05) is 18.4 Å². The molecule has 1 rings (SSSR count). The number of thioether (sulfide) groups is 1. The molecule has 0 radical (unpaired) electrons. The molecule has 94 valence electrons. The Morgan fingerprint density at radius 1 is 1.53 bits per heavy atom. The first-order valence-electron chi connectivity index (χ1n) is 5.15. The van der Waals surface area contributed by atoms with Crippen LogP contribution < -0.4 is 0 Å². The van der Waals surface area contributed by atoms with Gasteiger partial charge >= 0.3 is 0 Å². The summed E-state index contributed by atoms with van der Waals surface area (Å²) in [6.45, 7) is 2.01. The van der Waals surface area contributed by atoms with Gasteiger partial charge in [0.05, 0.1) is 11.0 Å². The summed E-state index contributed by atoms with van der Waals surface area (Å²) in [6, 6.07) is 3.58. The summed E-state index contributed by atoms with van der Waals surface area (Å²) in [4.78, 5) is 9.93. The lowest BCUT2D eigenvalue weighted by Gasteiger charge is -2.07. The van der Waals surface area contributed by atoms with Crippen LogP contribution in [-0.2, 0) is 5.75 Å². The van der Waals surface area contributed by atoms with Crippen molar-refractivity contribution in [1.82, 2.24) is 0 Å².